The van der Waals surface area contributed by atoms with Crippen LogP contribution >= 0.6 is 0 Å². The van der Waals surface area contributed by atoms with Crippen LogP contribution in [0.5, 0.6) is 5.75 Å². The first-order valence-corrected chi connectivity index (χ1v) is 3.98. The van der Waals surface area contributed by atoms with Crippen molar-refractivity contribution in [1.29, 1.82) is 5.26 Å². The fourth-order valence-corrected chi connectivity index (χ4v) is 1.24. The first-order chi connectivity index (χ1) is 6.60. The molecule has 4 heteroatoms. The van der Waals surface area contributed by atoms with Gasteiger partial charge in [-0.05, 0) is 13.0 Å². The lowest BCUT2D eigenvalue weighted by Crippen LogP contribution is -2.03. The number of hydrogen-bond acceptors (Lipinski definition) is 4. The van der Waals surface area contributed by atoms with E-state index in [0.717, 1.165) is 0 Å². The fraction of sp³-hybridized carbons (Fsp3) is 0.200. The van der Waals surface area contributed by atoms with Crippen molar-refractivity contribution < 1.29 is 9.53 Å². The Kier molecular flexibility index (Phi) is 2.73. The van der Waals surface area contributed by atoms with Gasteiger partial charge in [0.2, 0.25) is 0 Å². The van der Waals surface area contributed by atoms with Crippen LogP contribution in [0.4, 0.5) is 5.69 Å². The average Bonchev–Trinajstić information content (AvgIpc) is 2.15. The Balaban J connectivity index is 3.44. The van der Waals surface area contributed by atoms with Crippen molar-refractivity contribution in [3.8, 4) is 11.8 Å². The third-order valence-electron chi connectivity index (χ3n) is 1.85. The van der Waals surface area contributed by atoms with Crippen molar-refractivity contribution >= 4 is 11.5 Å². The highest BCUT2D eigenvalue weighted by Crippen LogP contribution is 2.24. The number of ether oxygens (including phenoxy) is 1. The highest BCUT2D eigenvalue weighted by Gasteiger charge is 2.12. The average molecular weight is 190 g/mol. The molecule has 4 nitrogen and oxygen atoms in total. The Bertz CT molecular complexity index is 419. The summed E-state index contributed by atoms with van der Waals surface area (Å²) in [5, 5.41) is 8.80. The molecule has 14 heavy (non-hydrogen) atoms. The van der Waals surface area contributed by atoms with Crippen molar-refractivity contribution in [3.63, 3.8) is 0 Å². The van der Waals surface area contributed by atoms with E-state index >= 15 is 0 Å². The molecule has 0 saturated carbocycles. The van der Waals surface area contributed by atoms with E-state index in [1.54, 1.807) is 0 Å². The monoisotopic (exact) mass is 190 g/mol. The van der Waals surface area contributed by atoms with E-state index in [0.29, 0.717) is 5.75 Å². The Morgan fingerprint density at radius 2 is 2.21 bits per heavy atom. The maximum Gasteiger partial charge on any atom is 0.163 e. The molecule has 0 atom stereocenters. The first-order valence-electron chi connectivity index (χ1n) is 3.98. The molecule has 0 fully saturated rings. The molecule has 72 valence electrons. The Hall–Kier alpha value is -2.02. The lowest BCUT2D eigenvalue weighted by atomic mass is 10.0. The summed E-state index contributed by atoms with van der Waals surface area (Å²) in [4.78, 5) is 11.2. The number of hydrogen-bond donors (Lipinski definition) is 1. The Morgan fingerprint density at radius 3 is 2.64 bits per heavy atom. The van der Waals surface area contributed by atoms with Gasteiger partial charge in [-0.2, -0.15) is 5.26 Å². The quantitative estimate of drug-likeness (QED) is 0.564. The zero-order chi connectivity index (χ0) is 10.7. The molecule has 0 saturated heterocycles. The highest BCUT2D eigenvalue weighted by atomic mass is 16.5. The molecule has 0 radical (unpaired) electrons. The van der Waals surface area contributed by atoms with Gasteiger partial charge in [-0.3, -0.25) is 4.79 Å². The van der Waals surface area contributed by atoms with Crippen LogP contribution < -0.4 is 10.5 Å². The third kappa shape index (κ3) is 1.67. The maximum atomic E-state index is 11.2. The molecule has 0 aromatic heterocycles. The van der Waals surface area contributed by atoms with E-state index in [1.807, 2.05) is 6.07 Å². The zero-order valence-corrected chi connectivity index (χ0v) is 8.00. The van der Waals surface area contributed by atoms with Crippen LogP contribution in [0.1, 0.15) is 22.8 Å². The summed E-state index contributed by atoms with van der Waals surface area (Å²) in [5.74, 6) is 0.255. The van der Waals surface area contributed by atoms with Crippen molar-refractivity contribution in [3.05, 3.63) is 23.3 Å². The molecule has 2 N–H and O–H groups in total. The predicted molar refractivity (Wildman–Crippen MR) is 52.1 cm³/mol. The number of Topliss-reactive ketones (excluding diaryl/α,β-unsaturated/α-hetero) is 1. The summed E-state index contributed by atoms with van der Waals surface area (Å²) in [5.41, 5.74) is 6.40. The zero-order valence-electron chi connectivity index (χ0n) is 8.00. The van der Waals surface area contributed by atoms with Crippen molar-refractivity contribution in [2.45, 2.75) is 6.92 Å². The van der Waals surface area contributed by atoms with Crippen LogP contribution in [-0.4, -0.2) is 12.9 Å². The number of nitriles is 1. The van der Waals surface area contributed by atoms with Gasteiger partial charge < -0.3 is 10.5 Å². The largest absolute Gasteiger partial charge is 0.497 e. The first kappa shape index (κ1) is 10.1. The molecule has 0 bridgehead atoms. The molecule has 1 aromatic rings. The summed E-state index contributed by atoms with van der Waals surface area (Å²) >= 11 is 0. The third-order valence-corrected chi connectivity index (χ3v) is 1.85. The molecular weight excluding hydrogens is 180 g/mol. The van der Waals surface area contributed by atoms with Gasteiger partial charge in [0.15, 0.2) is 5.78 Å². The summed E-state index contributed by atoms with van der Waals surface area (Å²) in [6.45, 7) is 1.37. The minimum atomic E-state index is -0.221. The lowest BCUT2D eigenvalue weighted by Gasteiger charge is -2.07. The molecule has 0 spiro atoms. The van der Waals surface area contributed by atoms with E-state index in [4.69, 9.17) is 15.7 Å². The second kappa shape index (κ2) is 3.79. The standard InChI is InChI=1S/C10H10N2O2/c1-6(13)10-7(5-11)3-8(14-2)4-9(10)12/h3-4H,12H2,1-2H3. The SMILES string of the molecule is COc1cc(N)c(C(C)=O)c(C#N)c1. The molecule has 1 rings (SSSR count). The Labute approximate surface area is 81.9 Å². The second-order valence-electron chi connectivity index (χ2n) is 2.81. The van der Waals surface area contributed by atoms with Crippen LogP contribution in [0, 0.1) is 11.3 Å². The van der Waals surface area contributed by atoms with E-state index in [1.165, 1.54) is 26.2 Å². The van der Waals surface area contributed by atoms with E-state index < -0.39 is 0 Å². The van der Waals surface area contributed by atoms with Gasteiger partial charge in [0, 0.05) is 11.8 Å². The lowest BCUT2D eigenvalue weighted by molar-refractivity contribution is 0.101. The maximum absolute atomic E-state index is 11.2. The molecule has 0 aliphatic rings. The van der Waals surface area contributed by atoms with E-state index in [2.05, 4.69) is 0 Å². The van der Waals surface area contributed by atoms with Crippen molar-refractivity contribution in [2.24, 2.45) is 0 Å². The number of ketones is 1. The summed E-state index contributed by atoms with van der Waals surface area (Å²) in [7, 11) is 1.48. The van der Waals surface area contributed by atoms with Crippen LogP contribution in [0.2, 0.25) is 0 Å². The molecule has 0 aliphatic carbocycles. The molecule has 0 heterocycles. The predicted octanol–water partition coefficient (Wildman–Crippen LogP) is 1.35. The van der Waals surface area contributed by atoms with Crippen molar-refractivity contribution in [2.75, 3.05) is 12.8 Å². The van der Waals surface area contributed by atoms with Gasteiger partial charge in [-0.15, -0.1) is 0 Å². The van der Waals surface area contributed by atoms with Crippen LogP contribution in [-0.2, 0) is 0 Å². The number of methoxy groups -OCH3 is 1. The number of anilines is 1. The molecule has 0 aliphatic heterocycles. The van der Waals surface area contributed by atoms with Gasteiger partial charge in [0.05, 0.1) is 18.2 Å². The molecule has 0 unspecified atom stereocenters. The number of benzene rings is 1. The van der Waals surface area contributed by atoms with E-state index in [9.17, 15) is 4.79 Å². The number of carbonyl (C=O) groups is 1. The number of carbonyl (C=O) groups excluding carboxylic acids is 1. The number of nitrogen functional groups attached to an aromatic ring is 1. The Morgan fingerprint density at radius 1 is 1.57 bits per heavy atom. The molecular formula is C10H10N2O2. The number of nitrogens with two attached hydrogens (primary N) is 1. The van der Waals surface area contributed by atoms with Gasteiger partial charge in [-0.25, -0.2) is 0 Å². The normalized spacial score (nSPS) is 9.21. The van der Waals surface area contributed by atoms with Gasteiger partial charge in [-0.1, -0.05) is 0 Å². The topological polar surface area (TPSA) is 76.1 Å². The van der Waals surface area contributed by atoms with E-state index in [-0.39, 0.29) is 22.6 Å². The summed E-state index contributed by atoms with van der Waals surface area (Å²) in [6.07, 6.45) is 0. The summed E-state index contributed by atoms with van der Waals surface area (Å²) in [6, 6.07) is 4.93. The smallest absolute Gasteiger partial charge is 0.163 e. The highest BCUT2D eigenvalue weighted by molar-refractivity contribution is 6.01. The van der Waals surface area contributed by atoms with Crippen LogP contribution in [0.3, 0.4) is 0 Å². The van der Waals surface area contributed by atoms with Gasteiger partial charge in [0.1, 0.15) is 11.8 Å². The second-order valence-corrected chi connectivity index (χ2v) is 2.81. The van der Waals surface area contributed by atoms with Crippen LogP contribution in [0.25, 0.3) is 0 Å². The minimum absolute atomic E-state index is 0.221. The van der Waals surface area contributed by atoms with Gasteiger partial charge in [0.25, 0.3) is 0 Å². The summed E-state index contributed by atoms with van der Waals surface area (Å²) < 4.78 is 4.93. The number of nitrogens with zero attached hydrogens (tertiary/aromatic N) is 1. The minimum Gasteiger partial charge on any atom is -0.497 e. The van der Waals surface area contributed by atoms with Crippen LogP contribution in [0.15, 0.2) is 12.1 Å². The van der Waals surface area contributed by atoms with Crippen molar-refractivity contribution in [1.82, 2.24) is 0 Å². The molecule has 0 amide bonds. The molecule has 1 aromatic carbocycles. The fourth-order valence-electron chi connectivity index (χ4n) is 1.24. The number of rotatable bonds is 2. The van der Waals surface area contributed by atoms with Gasteiger partial charge >= 0.3 is 0 Å².